The van der Waals surface area contributed by atoms with Crippen LogP contribution in [0.15, 0.2) is 60.7 Å². The van der Waals surface area contributed by atoms with Gasteiger partial charge in [-0.2, -0.15) is 0 Å². The molecule has 3 aromatic rings. The quantitative estimate of drug-likeness (QED) is 0.441. The first-order valence-electron chi connectivity index (χ1n) is 12.3. The lowest BCUT2D eigenvalue weighted by Gasteiger charge is -2.32. The number of carbonyl (C=O) groups is 2. The molecule has 0 atom stereocenters. The van der Waals surface area contributed by atoms with Gasteiger partial charge in [0, 0.05) is 36.0 Å². The van der Waals surface area contributed by atoms with Crippen molar-refractivity contribution in [3.8, 4) is 5.75 Å². The molecule has 0 spiro atoms. The van der Waals surface area contributed by atoms with Crippen molar-refractivity contribution < 1.29 is 28.2 Å². The molecule has 1 aliphatic rings. The number of amides is 2. The minimum absolute atomic E-state index is 0.0666. The molecular formula is C29H30F2N2O4. The Hall–Kier alpha value is -3.78. The van der Waals surface area contributed by atoms with Crippen LogP contribution < -0.4 is 10.1 Å². The molecule has 1 aliphatic heterocycles. The minimum atomic E-state index is -0.652. The van der Waals surface area contributed by atoms with Crippen LogP contribution in [0.4, 0.5) is 14.5 Å². The molecule has 1 fully saturated rings. The van der Waals surface area contributed by atoms with Crippen molar-refractivity contribution >= 4 is 17.5 Å². The number of aliphatic hydroxyl groups is 1. The highest BCUT2D eigenvalue weighted by atomic mass is 19.1. The Kier molecular flexibility index (Phi) is 8.18. The van der Waals surface area contributed by atoms with Gasteiger partial charge in [0.1, 0.15) is 17.4 Å². The monoisotopic (exact) mass is 508 g/mol. The van der Waals surface area contributed by atoms with E-state index in [9.17, 15) is 18.4 Å². The van der Waals surface area contributed by atoms with Crippen LogP contribution in [0.25, 0.3) is 0 Å². The number of benzene rings is 3. The van der Waals surface area contributed by atoms with Crippen LogP contribution in [0, 0.1) is 11.6 Å². The van der Waals surface area contributed by atoms with E-state index in [-0.39, 0.29) is 34.6 Å². The average Bonchev–Trinajstić information content (AvgIpc) is 2.88. The summed E-state index contributed by atoms with van der Waals surface area (Å²) in [4.78, 5) is 27.0. The van der Waals surface area contributed by atoms with E-state index in [0.717, 1.165) is 18.4 Å². The Morgan fingerprint density at radius 3 is 2.30 bits per heavy atom. The Labute approximate surface area is 214 Å². The van der Waals surface area contributed by atoms with Gasteiger partial charge >= 0.3 is 0 Å². The molecule has 4 rings (SSSR count). The fraction of sp³-hybridized carbons (Fsp3) is 0.310. The maximum absolute atomic E-state index is 14.4. The van der Waals surface area contributed by atoms with Crippen LogP contribution >= 0.6 is 0 Å². The second-order valence-electron chi connectivity index (χ2n) is 9.42. The number of aliphatic hydroxyl groups excluding tert-OH is 1. The number of hydrogen-bond donors (Lipinski definition) is 2. The fourth-order valence-corrected chi connectivity index (χ4v) is 4.47. The highest BCUT2D eigenvalue weighted by Crippen LogP contribution is 2.30. The fourth-order valence-electron chi connectivity index (χ4n) is 4.47. The molecule has 1 heterocycles. The molecule has 6 nitrogen and oxygen atoms in total. The van der Waals surface area contributed by atoms with Crippen molar-refractivity contribution in [2.24, 2.45) is 0 Å². The van der Waals surface area contributed by atoms with Crippen LogP contribution in [0.2, 0.25) is 0 Å². The first kappa shape index (κ1) is 26.3. The maximum Gasteiger partial charge on any atom is 0.258 e. The molecule has 0 aliphatic carbocycles. The zero-order valence-electron chi connectivity index (χ0n) is 20.8. The lowest BCUT2D eigenvalue weighted by molar-refractivity contribution is 0.0712. The van der Waals surface area contributed by atoms with Gasteiger partial charge in [0.25, 0.3) is 11.8 Å². The van der Waals surface area contributed by atoms with E-state index in [1.165, 1.54) is 30.3 Å². The second kappa shape index (κ2) is 11.5. The summed E-state index contributed by atoms with van der Waals surface area (Å²) in [7, 11) is 0. The lowest BCUT2D eigenvalue weighted by Crippen LogP contribution is -2.38. The van der Waals surface area contributed by atoms with Crippen molar-refractivity contribution in [2.45, 2.75) is 45.3 Å². The molecule has 8 heteroatoms. The van der Waals surface area contributed by atoms with Gasteiger partial charge in [0.15, 0.2) is 0 Å². The summed E-state index contributed by atoms with van der Waals surface area (Å²) in [5, 5.41) is 11.8. The molecule has 194 valence electrons. The van der Waals surface area contributed by atoms with E-state index in [1.54, 1.807) is 23.1 Å². The van der Waals surface area contributed by atoms with Gasteiger partial charge in [-0.05, 0) is 74.6 Å². The molecule has 0 unspecified atom stereocenters. The molecule has 37 heavy (non-hydrogen) atoms. The molecule has 0 aromatic heterocycles. The van der Waals surface area contributed by atoms with Crippen LogP contribution in [0.3, 0.4) is 0 Å². The van der Waals surface area contributed by atoms with Crippen LogP contribution in [0.5, 0.6) is 5.75 Å². The zero-order valence-corrected chi connectivity index (χ0v) is 20.8. The summed E-state index contributed by atoms with van der Waals surface area (Å²) in [6.07, 6.45) is 1.41. The summed E-state index contributed by atoms with van der Waals surface area (Å²) in [5.41, 5.74) is 2.01. The van der Waals surface area contributed by atoms with Crippen molar-refractivity contribution in [2.75, 3.05) is 18.4 Å². The van der Waals surface area contributed by atoms with Gasteiger partial charge in [0.05, 0.1) is 18.3 Å². The maximum atomic E-state index is 14.4. The van der Waals surface area contributed by atoms with Crippen molar-refractivity contribution in [1.29, 1.82) is 0 Å². The van der Waals surface area contributed by atoms with E-state index < -0.39 is 24.1 Å². The number of ether oxygens (including phenoxy) is 1. The Morgan fingerprint density at radius 1 is 1.00 bits per heavy atom. The van der Waals surface area contributed by atoms with Gasteiger partial charge in [-0.15, -0.1) is 0 Å². The molecule has 0 bridgehead atoms. The van der Waals surface area contributed by atoms with E-state index in [1.807, 2.05) is 26.0 Å². The number of nitrogens with zero attached hydrogens (tertiary/aromatic N) is 1. The Morgan fingerprint density at radius 2 is 1.70 bits per heavy atom. The van der Waals surface area contributed by atoms with Crippen LogP contribution in [0.1, 0.15) is 64.4 Å². The largest absolute Gasteiger partial charge is 0.491 e. The number of likely N-dealkylation sites (tertiary alicyclic amines) is 1. The summed E-state index contributed by atoms with van der Waals surface area (Å²) in [5.74, 6) is -1.40. The third-order valence-corrected chi connectivity index (χ3v) is 6.45. The molecular weight excluding hydrogens is 478 g/mol. The number of carbonyl (C=O) groups excluding carboxylic acids is 2. The molecule has 2 N–H and O–H groups in total. The van der Waals surface area contributed by atoms with Crippen LogP contribution in [-0.4, -0.2) is 41.0 Å². The first-order valence-corrected chi connectivity index (χ1v) is 12.3. The van der Waals surface area contributed by atoms with Gasteiger partial charge in [-0.25, -0.2) is 8.78 Å². The predicted octanol–water partition coefficient (Wildman–Crippen LogP) is 5.52. The second-order valence-corrected chi connectivity index (χ2v) is 9.42. The smallest absolute Gasteiger partial charge is 0.258 e. The van der Waals surface area contributed by atoms with Crippen molar-refractivity contribution in [3.05, 3.63) is 94.6 Å². The Balaban J connectivity index is 1.33. The minimum Gasteiger partial charge on any atom is -0.491 e. The molecule has 1 saturated heterocycles. The SMILES string of the molecule is CC(C)Oc1ccc(C(=O)Nc2ccc(C3CCN(C(=O)c4ccc(CO)c(F)c4)CC3)cc2)c(F)c1. The number of hydrogen-bond acceptors (Lipinski definition) is 4. The highest BCUT2D eigenvalue weighted by Gasteiger charge is 2.25. The molecule has 0 radical (unpaired) electrons. The van der Waals surface area contributed by atoms with Gasteiger partial charge in [-0.1, -0.05) is 18.2 Å². The topological polar surface area (TPSA) is 78.9 Å². The standard InChI is InChI=1S/C29H30F2N2O4/c1-18(2)37-24-9-10-25(27(31)16-24)28(35)32-23-7-5-19(6-8-23)20-11-13-33(14-12-20)29(36)21-3-4-22(17-34)26(30)15-21/h3-10,15-16,18,20,34H,11-14,17H2,1-2H3,(H,32,35). The summed E-state index contributed by atoms with van der Waals surface area (Å²) in [6.45, 7) is 4.35. The van der Waals surface area contributed by atoms with Gasteiger partial charge in [-0.3, -0.25) is 9.59 Å². The highest BCUT2D eigenvalue weighted by molar-refractivity contribution is 6.04. The van der Waals surface area contributed by atoms with Crippen LogP contribution in [-0.2, 0) is 6.61 Å². The van der Waals surface area contributed by atoms with Gasteiger partial charge in [0.2, 0.25) is 0 Å². The van der Waals surface area contributed by atoms with E-state index >= 15 is 0 Å². The normalized spacial score (nSPS) is 14.1. The summed E-state index contributed by atoms with van der Waals surface area (Å²) < 4.78 is 33.8. The van der Waals surface area contributed by atoms with Crippen molar-refractivity contribution in [1.82, 2.24) is 4.90 Å². The summed E-state index contributed by atoms with van der Waals surface area (Å²) >= 11 is 0. The number of rotatable bonds is 7. The van der Waals surface area contributed by atoms with E-state index in [2.05, 4.69) is 5.32 Å². The molecule has 2 amide bonds. The predicted molar refractivity (Wildman–Crippen MR) is 137 cm³/mol. The van der Waals surface area contributed by atoms with E-state index in [4.69, 9.17) is 9.84 Å². The lowest BCUT2D eigenvalue weighted by atomic mass is 9.89. The van der Waals surface area contributed by atoms with E-state index in [0.29, 0.717) is 24.5 Å². The number of nitrogens with one attached hydrogen (secondary N) is 1. The summed E-state index contributed by atoms with van der Waals surface area (Å²) in [6, 6.07) is 15.7. The van der Waals surface area contributed by atoms with Crippen molar-refractivity contribution in [3.63, 3.8) is 0 Å². The number of piperidine rings is 1. The molecule has 0 saturated carbocycles. The zero-order chi connectivity index (χ0) is 26.5. The third-order valence-electron chi connectivity index (χ3n) is 6.45. The Bertz CT molecular complexity index is 1270. The number of halogens is 2. The number of anilines is 1. The molecule has 3 aromatic carbocycles. The van der Waals surface area contributed by atoms with Gasteiger partial charge < -0.3 is 20.1 Å². The third kappa shape index (κ3) is 6.32. The first-order chi connectivity index (χ1) is 17.7. The average molecular weight is 509 g/mol.